The van der Waals surface area contributed by atoms with Gasteiger partial charge in [-0.3, -0.25) is 24.0 Å². The zero-order chi connectivity index (χ0) is 23.9. The third kappa shape index (κ3) is 4.16. The molecule has 2 aromatic rings. The van der Waals surface area contributed by atoms with Gasteiger partial charge >= 0.3 is 5.97 Å². The largest absolute Gasteiger partial charge is 0.456 e. The molecule has 0 aliphatic carbocycles. The minimum Gasteiger partial charge on any atom is -0.456 e. The van der Waals surface area contributed by atoms with Gasteiger partial charge in [0.05, 0.1) is 28.2 Å². The van der Waals surface area contributed by atoms with Crippen molar-refractivity contribution in [3.63, 3.8) is 0 Å². The molecule has 3 heterocycles. The second-order valence-electron chi connectivity index (χ2n) is 7.29. The molecule has 4 rings (SSSR count). The van der Waals surface area contributed by atoms with Gasteiger partial charge in [-0.05, 0) is 36.1 Å². The topological polar surface area (TPSA) is 136 Å². The molecule has 33 heavy (non-hydrogen) atoms. The standard InChI is InChI=1S/C20H18N2O8S3/c1-11(23)20-9-15(24)21(20)16(18(32-20)30-14-7-8-31-19(14)33(2)28)17(25)29-10-12-3-5-13(6-4-12)22(26)27/h3-8,11,23H,9-10H2,1-2H3/t11-,20+,33?/m1/s1. The molecule has 1 N–H and O–H groups in total. The minimum atomic E-state index is -1.33. The van der Waals surface area contributed by atoms with E-state index >= 15 is 0 Å². The highest BCUT2D eigenvalue weighted by Gasteiger charge is 2.64. The molecule has 1 unspecified atom stereocenters. The number of thiophene rings is 1. The lowest BCUT2D eigenvalue weighted by molar-refractivity contribution is -0.384. The van der Waals surface area contributed by atoms with Crippen LogP contribution in [0.5, 0.6) is 5.75 Å². The number of nitro groups is 1. The van der Waals surface area contributed by atoms with Crippen molar-refractivity contribution < 1.29 is 33.3 Å². The molecular formula is C20H18N2O8S3. The summed E-state index contributed by atoms with van der Waals surface area (Å²) >= 11 is 2.28. The van der Waals surface area contributed by atoms with Crippen LogP contribution in [0.3, 0.4) is 0 Å². The first-order chi connectivity index (χ1) is 15.6. The maximum Gasteiger partial charge on any atom is 0.359 e. The number of aliphatic hydroxyl groups is 1. The lowest BCUT2D eigenvalue weighted by atomic mass is 9.95. The fourth-order valence-corrected chi connectivity index (χ4v) is 6.47. The van der Waals surface area contributed by atoms with Crippen LogP contribution in [0.2, 0.25) is 0 Å². The van der Waals surface area contributed by atoms with Gasteiger partial charge in [-0.1, -0.05) is 11.8 Å². The molecule has 1 amide bonds. The number of carbonyl (C=O) groups is 2. The van der Waals surface area contributed by atoms with Crippen molar-refractivity contribution >= 4 is 51.5 Å². The van der Waals surface area contributed by atoms with Gasteiger partial charge in [0.15, 0.2) is 16.5 Å². The van der Waals surface area contributed by atoms with E-state index in [-0.39, 0.29) is 35.4 Å². The number of carbonyl (C=O) groups excluding carboxylic acids is 2. The molecule has 2 aliphatic heterocycles. The highest BCUT2D eigenvalue weighted by atomic mass is 32.2. The van der Waals surface area contributed by atoms with Gasteiger partial charge in [0.1, 0.15) is 15.7 Å². The van der Waals surface area contributed by atoms with Crippen molar-refractivity contribution in [1.29, 1.82) is 0 Å². The summed E-state index contributed by atoms with van der Waals surface area (Å²) < 4.78 is 23.7. The molecule has 1 aromatic heterocycles. The maximum atomic E-state index is 13.0. The van der Waals surface area contributed by atoms with E-state index in [4.69, 9.17) is 9.47 Å². The van der Waals surface area contributed by atoms with Crippen molar-refractivity contribution in [2.75, 3.05) is 6.26 Å². The molecule has 0 bridgehead atoms. The summed E-state index contributed by atoms with van der Waals surface area (Å²) in [5.41, 5.74) is 0.280. The summed E-state index contributed by atoms with van der Waals surface area (Å²) in [6, 6.07) is 7.13. The summed E-state index contributed by atoms with van der Waals surface area (Å²) in [4.78, 5) is 35.8. The lowest BCUT2D eigenvalue weighted by Crippen LogP contribution is -2.64. The number of thioether (sulfide) groups is 1. The normalized spacial score (nSPS) is 21.3. The van der Waals surface area contributed by atoms with Gasteiger partial charge < -0.3 is 14.6 Å². The minimum absolute atomic E-state index is 0.0114. The fourth-order valence-electron chi connectivity index (χ4n) is 3.45. The van der Waals surface area contributed by atoms with Crippen LogP contribution in [-0.2, 0) is 31.7 Å². The number of ether oxygens (including phenoxy) is 2. The van der Waals surface area contributed by atoms with Crippen molar-refractivity contribution in [1.82, 2.24) is 4.90 Å². The predicted octanol–water partition coefficient (Wildman–Crippen LogP) is 2.74. The van der Waals surface area contributed by atoms with Gasteiger partial charge in [-0.15, -0.1) is 11.3 Å². The van der Waals surface area contributed by atoms with Crippen LogP contribution in [-0.4, -0.2) is 48.2 Å². The Bertz CT molecular complexity index is 1190. The SMILES string of the molecule is C[C@@H](O)[C@@]12CC(=O)N1C(C(=O)OCc1ccc([N+](=O)[O-])cc1)=C(Oc1ccsc1S(C)=O)S2. The second kappa shape index (κ2) is 8.89. The Morgan fingerprint density at radius 2 is 2.06 bits per heavy atom. The first-order valence-electron chi connectivity index (χ1n) is 9.57. The van der Waals surface area contributed by atoms with Gasteiger partial charge in [-0.2, -0.15) is 0 Å². The lowest BCUT2D eigenvalue weighted by Gasteiger charge is -2.48. The molecule has 1 fully saturated rings. The van der Waals surface area contributed by atoms with E-state index in [1.807, 2.05) is 0 Å². The molecule has 10 nitrogen and oxygen atoms in total. The summed E-state index contributed by atoms with van der Waals surface area (Å²) in [5, 5.41) is 22.9. The molecule has 2 aliphatic rings. The molecule has 3 atom stereocenters. The number of aliphatic hydroxyl groups excluding tert-OH is 1. The number of nitrogens with zero attached hydrogens (tertiary/aromatic N) is 2. The van der Waals surface area contributed by atoms with Crippen LogP contribution in [0.1, 0.15) is 18.9 Å². The summed E-state index contributed by atoms with van der Waals surface area (Å²) in [6.07, 6.45) is 0.542. The van der Waals surface area contributed by atoms with Gasteiger partial charge in [0.2, 0.25) is 5.91 Å². The first-order valence-corrected chi connectivity index (χ1v) is 12.8. The van der Waals surface area contributed by atoms with E-state index in [1.54, 1.807) is 11.4 Å². The molecule has 174 valence electrons. The number of esters is 1. The second-order valence-corrected chi connectivity index (χ2v) is 11.1. The maximum absolute atomic E-state index is 13.0. The third-order valence-electron chi connectivity index (χ3n) is 5.14. The predicted molar refractivity (Wildman–Crippen MR) is 121 cm³/mol. The molecule has 1 saturated heterocycles. The molecule has 0 saturated carbocycles. The highest BCUT2D eigenvalue weighted by molar-refractivity contribution is 8.04. The number of β-lactam (4-membered cyclic amide) rings is 1. The Labute approximate surface area is 198 Å². The van der Waals surface area contributed by atoms with Crippen molar-refractivity contribution in [2.45, 2.75) is 35.1 Å². The summed E-state index contributed by atoms with van der Waals surface area (Å²) in [6.45, 7) is 1.33. The fraction of sp³-hybridized carbons (Fsp3) is 0.300. The Morgan fingerprint density at radius 1 is 1.36 bits per heavy atom. The number of non-ortho nitro benzene ring substituents is 1. The first kappa shape index (κ1) is 23.4. The van der Waals surface area contributed by atoms with Gasteiger partial charge in [-0.25, -0.2) is 4.79 Å². The van der Waals surface area contributed by atoms with Gasteiger partial charge in [0, 0.05) is 18.4 Å². The van der Waals surface area contributed by atoms with Crippen LogP contribution in [0.4, 0.5) is 5.69 Å². The van der Waals surface area contributed by atoms with E-state index in [9.17, 15) is 29.0 Å². The molecule has 0 radical (unpaired) electrons. The number of rotatable bonds is 8. The zero-order valence-electron chi connectivity index (χ0n) is 17.4. The Balaban J connectivity index is 1.61. The smallest absolute Gasteiger partial charge is 0.359 e. The van der Waals surface area contributed by atoms with Crippen molar-refractivity contribution in [3.8, 4) is 5.75 Å². The quantitative estimate of drug-likeness (QED) is 0.246. The summed E-state index contributed by atoms with van der Waals surface area (Å²) in [7, 11) is -1.33. The monoisotopic (exact) mass is 510 g/mol. The number of benzene rings is 1. The van der Waals surface area contributed by atoms with Gasteiger partial charge in [0.25, 0.3) is 5.69 Å². The molecule has 0 spiro atoms. The number of fused-ring (bicyclic) bond motifs is 1. The molecule has 1 aromatic carbocycles. The molecule has 13 heteroatoms. The van der Waals surface area contributed by atoms with Crippen LogP contribution in [0.15, 0.2) is 50.7 Å². The van der Waals surface area contributed by atoms with Crippen LogP contribution in [0.25, 0.3) is 0 Å². The van der Waals surface area contributed by atoms with E-state index in [0.29, 0.717) is 15.5 Å². The third-order valence-corrected chi connectivity index (χ3v) is 9.03. The van der Waals surface area contributed by atoms with E-state index in [1.165, 1.54) is 53.7 Å². The Kier molecular flexibility index (Phi) is 6.31. The van der Waals surface area contributed by atoms with Crippen molar-refractivity contribution in [2.24, 2.45) is 0 Å². The summed E-state index contributed by atoms with van der Waals surface area (Å²) in [5.74, 6) is -0.922. The number of hydrogen-bond donors (Lipinski definition) is 1. The van der Waals surface area contributed by atoms with Crippen LogP contribution < -0.4 is 4.74 Å². The van der Waals surface area contributed by atoms with Crippen LogP contribution in [0, 0.1) is 10.1 Å². The zero-order valence-corrected chi connectivity index (χ0v) is 19.8. The Morgan fingerprint density at radius 3 is 2.64 bits per heavy atom. The number of amides is 1. The highest BCUT2D eigenvalue weighted by Crippen LogP contribution is 2.57. The molecular weight excluding hydrogens is 492 g/mol. The number of hydrogen-bond acceptors (Lipinski definition) is 10. The number of nitro benzene ring substituents is 1. The Hall–Kier alpha value is -2.74. The van der Waals surface area contributed by atoms with E-state index in [2.05, 4.69) is 0 Å². The van der Waals surface area contributed by atoms with Crippen LogP contribution >= 0.6 is 23.1 Å². The average molecular weight is 511 g/mol. The van der Waals surface area contributed by atoms with Crippen molar-refractivity contribution in [3.05, 3.63) is 62.2 Å². The average Bonchev–Trinajstić information content (AvgIpc) is 3.33. The van der Waals surface area contributed by atoms with E-state index < -0.39 is 32.7 Å². The van der Waals surface area contributed by atoms with E-state index in [0.717, 1.165) is 11.8 Å².